The average molecular weight is 383 g/mol. The van der Waals surface area contributed by atoms with Crippen molar-refractivity contribution in [1.29, 1.82) is 0 Å². The minimum atomic E-state index is -0.283. The van der Waals surface area contributed by atoms with Crippen molar-refractivity contribution in [3.63, 3.8) is 0 Å². The van der Waals surface area contributed by atoms with E-state index < -0.39 is 0 Å². The molecule has 0 atom stereocenters. The van der Waals surface area contributed by atoms with Crippen LogP contribution in [0.1, 0.15) is 28.5 Å². The SMILES string of the molecule is CCOC(=O)N1CCN(c2cnc(C(=O)NCc3ccc(C)cc3)cn2)CC1. The lowest BCUT2D eigenvalue weighted by Crippen LogP contribution is -2.49. The molecule has 2 amide bonds. The Hall–Kier alpha value is -3.16. The second-order valence-corrected chi connectivity index (χ2v) is 6.60. The lowest BCUT2D eigenvalue weighted by molar-refractivity contribution is 0.0944. The number of nitrogens with one attached hydrogen (secondary N) is 1. The van der Waals surface area contributed by atoms with Gasteiger partial charge in [0.05, 0.1) is 19.0 Å². The number of rotatable bonds is 5. The van der Waals surface area contributed by atoms with Gasteiger partial charge in [0.25, 0.3) is 5.91 Å². The molecule has 0 radical (unpaired) electrons. The molecule has 8 heteroatoms. The van der Waals surface area contributed by atoms with Crippen molar-refractivity contribution in [3.8, 4) is 0 Å². The molecule has 148 valence electrons. The van der Waals surface area contributed by atoms with E-state index >= 15 is 0 Å². The molecule has 0 saturated carbocycles. The molecule has 2 heterocycles. The average Bonchev–Trinajstić information content (AvgIpc) is 2.73. The van der Waals surface area contributed by atoms with E-state index in [-0.39, 0.29) is 17.7 Å². The van der Waals surface area contributed by atoms with Crippen LogP contribution < -0.4 is 10.2 Å². The number of aromatic nitrogens is 2. The lowest BCUT2D eigenvalue weighted by atomic mass is 10.1. The highest BCUT2D eigenvalue weighted by molar-refractivity contribution is 5.91. The Balaban J connectivity index is 1.51. The molecule has 1 aliphatic heterocycles. The van der Waals surface area contributed by atoms with Crippen molar-refractivity contribution in [2.75, 3.05) is 37.7 Å². The third-order valence-electron chi connectivity index (χ3n) is 4.57. The molecule has 8 nitrogen and oxygen atoms in total. The highest BCUT2D eigenvalue weighted by Crippen LogP contribution is 2.13. The van der Waals surface area contributed by atoms with Gasteiger partial charge in [-0.25, -0.2) is 14.8 Å². The van der Waals surface area contributed by atoms with Crippen molar-refractivity contribution >= 4 is 17.8 Å². The molecular weight excluding hydrogens is 358 g/mol. The van der Waals surface area contributed by atoms with Crippen LogP contribution in [0.4, 0.5) is 10.6 Å². The number of benzene rings is 1. The van der Waals surface area contributed by atoms with Crippen molar-refractivity contribution in [2.45, 2.75) is 20.4 Å². The molecule has 1 N–H and O–H groups in total. The number of carbonyl (C=O) groups is 2. The molecule has 0 unspecified atom stereocenters. The molecule has 1 aromatic carbocycles. The van der Waals surface area contributed by atoms with E-state index in [0.717, 1.165) is 5.56 Å². The Bertz CT molecular complexity index is 800. The molecule has 3 rings (SSSR count). The number of aryl methyl sites for hydroxylation is 1. The Morgan fingerprint density at radius 2 is 1.79 bits per heavy atom. The summed E-state index contributed by atoms with van der Waals surface area (Å²) in [7, 11) is 0. The predicted molar refractivity (Wildman–Crippen MR) is 105 cm³/mol. The number of hydrogen-bond donors (Lipinski definition) is 1. The molecule has 1 aliphatic rings. The smallest absolute Gasteiger partial charge is 0.409 e. The third kappa shape index (κ3) is 4.97. The van der Waals surface area contributed by atoms with Crippen LogP contribution >= 0.6 is 0 Å². The number of amides is 2. The highest BCUT2D eigenvalue weighted by Gasteiger charge is 2.23. The van der Waals surface area contributed by atoms with Gasteiger partial charge in [-0.05, 0) is 19.4 Å². The number of hydrogen-bond acceptors (Lipinski definition) is 6. The standard InChI is InChI=1S/C20H25N5O3/c1-3-28-20(27)25-10-8-24(9-11-25)18-14-21-17(13-22-18)19(26)23-12-16-6-4-15(2)5-7-16/h4-7,13-14H,3,8-12H2,1-2H3,(H,23,26). The predicted octanol–water partition coefficient (Wildman–Crippen LogP) is 1.99. The van der Waals surface area contributed by atoms with E-state index in [1.54, 1.807) is 18.0 Å². The first-order valence-electron chi connectivity index (χ1n) is 9.39. The molecule has 28 heavy (non-hydrogen) atoms. The highest BCUT2D eigenvalue weighted by atomic mass is 16.6. The normalized spacial score (nSPS) is 13.9. The van der Waals surface area contributed by atoms with Gasteiger partial charge in [0.1, 0.15) is 11.5 Å². The number of piperazine rings is 1. The zero-order chi connectivity index (χ0) is 19.9. The molecule has 0 bridgehead atoms. The molecule has 2 aromatic rings. The topological polar surface area (TPSA) is 87.7 Å². The van der Waals surface area contributed by atoms with E-state index in [1.807, 2.05) is 36.1 Å². The van der Waals surface area contributed by atoms with Gasteiger partial charge in [0.15, 0.2) is 0 Å². The zero-order valence-corrected chi connectivity index (χ0v) is 16.2. The number of carbonyl (C=O) groups excluding carboxylic acids is 2. The number of anilines is 1. The quantitative estimate of drug-likeness (QED) is 0.850. The van der Waals surface area contributed by atoms with Crippen LogP contribution in [0.15, 0.2) is 36.7 Å². The van der Waals surface area contributed by atoms with E-state index in [2.05, 4.69) is 15.3 Å². The summed E-state index contributed by atoms with van der Waals surface area (Å²) in [6, 6.07) is 8.00. The molecular formula is C20H25N5O3. The van der Waals surface area contributed by atoms with Gasteiger partial charge in [-0.15, -0.1) is 0 Å². The Morgan fingerprint density at radius 1 is 1.07 bits per heavy atom. The Labute approximate surface area is 164 Å². The van der Waals surface area contributed by atoms with Gasteiger partial charge >= 0.3 is 6.09 Å². The van der Waals surface area contributed by atoms with Crippen LogP contribution in [0.3, 0.4) is 0 Å². The van der Waals surface area contributed by atoms with Gasteiger partial charge in [-0.3, -0.25) is 4.79 Å². The van der Waals surface area contributed by atoms with Crippen LogP contribution in [0, 0.1) is 6.92 Å². The van der Waals surface area contributed by atoms with Crippen LogP contribution in [0.2, 0.25) is 0 Å². The molecule has 0 aliphatic carbocycles. The summed E-state index contributed by atoms with van der Waals surface area (Å²) < 4.78 is 5.02. The number of ether oxygens (including phenoxy) is 1. The summed E-state index contributed by atoms with van der Waals surface area (Å²) in [5.41, 5.74) is 2.49. The van der Waals surface area contributed by atoms with Gasteiger partial charge in [-0.2, -0.15) is 0 Å². The fourth-order valence-corrected chi connectivity index (χ4v) is 2.91. The summed E-state index contributed by atoms with van der Waals surface area (Å²) in [4.78, 5) is 36.3. The van der Waals surface area contributed by atoms with Crippen LogP contribution in [0.25, 0.3) is 0 Å². The second-order valence-electron chi connectivity index (χ2n) is 6.60. The van der Waals surface area contributed by atoms with Crippen LogP contribution in [-0.4, -0.2) is 59.7 Å². The van der Waals surface area contributed by atoms with E-state index in [9.17, 15) is 9.59 Å². The van der Waals surface area contributed by atoms with Crippen molar-refractivity contribution in [1.82, 2.24) is 20.2 Å². The monoisotopic (exact) mass is 383 g/mol. The van der Waals surface area contributed by atoms with Gasteiger partial charge < -0.3 is 19.9 Å². The third-order valence-corrected chi connectivity index (χ3v) is 4.57. The van der Waals surface area contributed by atoms with E-state index in [4.69, 9.17) is 4.74 Å². The van der Waals surface area contributed by atoms with Gasteiger partial charge in [-0.1, -0.05) is 29.8 Å². The summed E-state index contributed by atoms with van der Waals surface area (Å²) in [5.74, 6) is 0.436. The minimum absolute atomic E-state index is 0.258. The second kappa shape index (κ2) is 9.16. The van der Waals surface area contributed by atoms with Crippen LogP contribution in [-0.2, 0) is 11.3 Å². The van der Waals surface area contributed by atoms with E-state index in [0.29, 0.717) is 45.1 Å². The summed E-state index contributed by atoms with van der Waals surface area (Å²) in [5, 5.41) is 2.85. The summed E-state index contributed by atoms with van der Waals surface area (Å²) in [6.45, 7) is 7.06. The largest absolute Gasteiger partial charge is 0.450 e. The molecule has 1 saturated heterocycles. The van der Waals surface area contributed by atoms with Crippen molar-refractivity contribution < 1.29 is 14.3 Å². The van der Waals surface area contributed by atoms with Gasteiger partial charge in [0.2, 0.25) is 0 Å². The van der Waals surface area contributed by atoms with Crippen molar-refractivity contribution in [2.24, 2.45) is 0 Å². The fraction of sp³-hybridized carbons (Fsp3) is 0.400. The maximum atomic E-state index is 12.3. The minimum Gasteiger partial charge on any atom is -0.450 e. The maximum absolute atomic E-state index is 12.3. The first-order chi connectivity index (χ1) is 13.6. The van der Waals surface area contributed by atoms with Gasteiger partial charge in [0, 0.05) is 32.7 Å². The Morgan fingerprint density at radius 3 is 2.39 bits per heavy atom. The maximum Gasteiger partial charge on any atom is 0.409 e. The van der Waals surface area contributed by atoms with E-state index in [1.165, 1.54) is 11.8 Å². The zero-order valence-electron chi connectivity index (χ0n) is 16.2. The Kier molecular flexibility index (Phi) is 6.41. The first kappa shape index (κ1) is 19.6. The molecule has 0 spiro atoms. The van der Waals surface area contributed by atoms with Crippen LogP contribution in [0.5, 0.6) is 0 Å². The summed E-state index contributed by atoms with van der Waals surface area (Å²) in [6.07, 6.45) is 2.80. The molecule has 1 aromatic heterocycles. The summed E-state index contributed by atoms with van der Waals surface area (Å²) >= 11 is 0. The molecule has 1 fully saturated rings. The lowest BCUT2D eigenvalue weighted by Gasteiger charge is -2.34. The number of nitrogens with zero attached hydrogens (tertiary/aromatic N) is 4. The fourth-order valence-electron chi connectivity index (χ4n) is 2.91. The van der Waals surface area contributed by atoms with Crippen molar-refractivity contribution in [3.05, 3.63) is 53.5 Å². The first-order valence-corrected chi connectivity index (χ1v) is 9.39.